The second kappa shape index (κ2) is 7.49. The van der Waals surface area contributed by atoms with Gasteiger partial charge in [-0.25, -0.2) is 0 Å². The lowest BCUT2D eigenvalue weighted by atomic mass is 9.96. The summed E-state index contributed by atoms with van der Waals surface area (Å²) in [5.74, 6) is -0.0918. The second-order valence-electron chi connectivity index (χ2n) is 6.80. The molecule has 0 radical (unpaired) electrons. The van der Waals surface area contributed by atoms with E-state index in [-0.39, 0.29) is 11.9 Å². The van der Waals surface area contributed by atoms with Crippen molar-refractivity contribution >= 4 is 29.2 Å². The number of anilines is 1. The van der Waals surface area contributed by atoms with Gasteiger partial charge in [0.2, 0.25) is 0 Å². The predicted molar refractivity (Wildman–Crippen MR) is 109 cm³/mol. The zero-order valence-corrected chi connectivity index (χ0v) is 15.8. The van der Waals surface area contributed by atoms with Crippen molar-refractivity contribution in [1.82, 2.24) is 0 Å². The number of ether oxygens (including phenoxy) is 1. The van der Waals surface area contributed by atoms with Crippen LogP contribution in [0.1, 0.15) is 28.8 Å². The zero-order valence-electron chi connectivity index (χ0n) is 15.0. The lowest BCUT2D eigenvalue weighted by Gasteiger charge is -2.15. The van der Waals surface area contributed by atoms with Gasteiger partial charge in [0.25, 0.3) is 5.91 Å². The van der Waals surface area contributed by atoms with Gasteiger partial charge in [0, 0.05) is 5.69 Å². The molecular formula is C23H18ClNO3. The molecule has 1 aliphatic rings. The highest BCUT2D eigenvalue weighted by Crippen LogP contribution is 2.49. The van der Waals surface area contributed by atoms with E-state index in [0.717, 1.165) is 18.4 Å². The molecule has 1 saturated carbocycles. The first-order valence-electron chi connectivity index (χ1n) is 9.02. The van der Waals surface area contributed by atoms with E-state index in [2.05, 4.69) is 5.32 Å². The Bertz CT molecular complexity index is 1010. The van der Waals surface area contributed by atoms with E-state index in [1.165, 1.54) is 0 Å². The highest BCUT2D eigenvalue weighted by atomic mass is 35.5. The van der Waals surface area contributed by atoms with Crippen LogP contribution >= 0.6 is 11.6 Å². The lowest BCUT2D eigenvalue weighted by Crippen LogP contribution is -2.25. The SMILES string of the molecule is O=C(Nc1ccc(OC(=O)C2(c3ccccc3)CC2)cc1)c1ccccc1Cl. The standard InChI is InChI=1S/C23H18ClNO3/c24-20-9-5-4-8-19(20)21(26)25-17-10-12-18(13-11-17)28-22(27)23(14-15-23)16-6-2-1-3-7-16/h1-13H,14-15H2,(H,25,26). The quantitative estimate of drug-likeness (QED) is 0.478. The maximum atomic E-state index is 12.7. The summed E-state index contributed by atoms with van der Waals surface area (Å²) in [6.45, 7) is 0. The van der Waals surface area contributed by atoms with Crippen molar-refractivity contribution in [2.24, 2.45) is 0 Å². The summed E-state index contributed by atoms with van der Waals surface area (Å²) in [6, 6.07) is 23.3. The summed E-state index contributed by atoms with van der Waals surface area (Å²) in [4.78, 5) is 25.0. The maximum Gasteiger partial charge on any atom is 0.321 e. The van der Waals surface area contributed by atoms with Gasteiger partial charge in [-0.15, -0.1) is 0 Å². The van der Waals surface area contributed by atoms with Crippen molar-refractivity contribution in [1.29, 1.82) is 0 Å². The summed E-state index contributed by atoms with van der Waals surface area (Å²) in [6.07, 6.45) is 1.59. The number of rotatable bonds is 5. The smallest absolute Gasteiger partial charge is 0.321 e. The number of nitrogens with one attached hydrogen (secondary N) is 1. The first-order valence-corrected chi connectivity index (χ1v) is 9.40. The van der Waals surface area contributed by atoms with E-state index >= 15 is 0 Å². The summed E-state index contributed by atoms with van der Waals surface area (Å²) in [5, 5.41) is 3.17. The average Bonchev–Trinajstić information content (AvgIpc) is 3.53. The molecule has 0 heterocycles. The molecule has 0 atom stereocenters. The Kier molecular flexibility index (Phi) is 4.88. The van der Waals surface area contributed by atoms with Gasteiger partial charge in [-0.1, -0.05) is 54.1 Å². The van der Waals surface area contributed by atoms with Gasteiger partial charge < -0.3 is 10.1 Å². The number of esters is 1. The molecule has 0 spiro atoms. The number of amides is 1. The van der Waals surface area contributed by atoms with Gasteiger partial charge >= 0.3 is 5.97 Å². The number of carbonyl (C=O) groups is 2. The molecule has 5 heteroatoms. The number of hydrogen-bond donors (Lipinski definition) is 1. The van der Waals surface area contributed by atoms with Crippen molar-refractivity contribution in [2.75, 3.05) is 5.32 Å². The Morgan fingerprint density at radius 3 is 2.14 bits per heavy atom. The minimum Gasteiger partial charge on any atom is -0.426 e. The first-order chi connectivity index (χ1) is 13.6. The van der Waals surface area contributed by atoms with Crippen molar-refractivity contribution in [2.45, 2.75) is 18.3 Å². The molecule has 1 fully saturated rings. The molecule has 4 nitrogen and oxygen atoms in total. The van der Waals surface area contributed by atoms with E-state index in [1.54, 1.807) is 48.5 Å². The van der Waals surface area contributed by atoms with E-state index in [1.807, 2.05) is 30.3 Å². The van der Waals surface area contributed by atoms with Crippen LogP contribution in [0.25, 0.3) is 0 Å². The molecule has 0 saturated heterocycles. The first kappa shape index (κ1) is 18.3. The molecule has 0 aromatic heterocycles. The van der Waals surface area contributed by atoms with Crippen LogP contribution in [0.15, 0.2) is 78.9 Å². The molecule has 0 aliphatic heterocycles. The molecule has 0 unspecified atom stereocenters. The van der Waals surface area contributed by atoms with Crippen molar-refractivity contribution < 1.29 is 14.3 Å². The van der Waals surface area contributed by atoms with Gasteiger partial charge in [-0.05, 0) is 54.8 Å². The van der Waals surface area contributed by atoms with Crippen LogP contribution in [0.5, 0.6) is 5.75 Å². The Morgan fingerprint density at radius 2 is 1.50 bits per heavy atom. The average molecular weight is 392 g/mol. The normalized spacial score (nSPS) is 14.2. The molecule has 1 aliphatic carbocycles. The van der Waals surface area contributed by atoms with Crippen LogP contribution < -0.4 is 10.1 Å². The fourth-order valence-electron chi connectivity index (χ4n) is 3.15. The molecule has 1 N–H and O–H groups in total. The Morgan fingerprint density at radius 1 is 0.857 bits per heavy atom. The lowest BCUT2D eigenvalue weighted by molar-refractivity contribution is -0.137. The molecule has 4 rings (SSSR count). The summed E-state index contributed by atoms with van der Waals surface area (Å²) in [5.41, 5.74) is 1.45. The third kappa shape index (κ3) is 3.64. The summed E-state index contributed by atoms with van der Waals surface area (Å²) in [7, 11) is 0. The molecular weight excluding hydrogens is 374 g/mol. The Balaban J connectivity index is 1.42. The van der Waals surface area contributed by atoms with Crippen LogP contribution in [0.4, 0.5) is 5.69 Å². The number of hydrogen-bond acceptors (Lipinski definition) is 3. The maximum absolute atomic E-state index is 12.7. The zero-order chi connectivity index (χ0) is 19.6. The van der Waals surface area contributed by atoms with E-state index in [0.29, 0.717) is 22.0 Å². The van der Waals surface area contributed by atoms with Crippen LogP contribution in [-0.2, 0) is 10.2 Å². The van der Waals surface area contributed by atoms with E-state index < -0.39 is 5.41 Å². The Hall–Kier alpha value is -3.11. The summed E-state index contributed by atoms with van der Waals surface area (Å²) < 4.78 is 5.59. The van der Waals surface area contributed by atoms with Crippen LogP contribution in [0, 0.1) is 0 Å². The minimum absolute atomic E-state index is 0.244. The van der Waals surface area contributed by atoms with Gasteiger partial charge in [0.05, 0.1) is 16.0 Å². The van der Waals surface area contributed by atoms with Crippen molar-refractivity contribution in [3.63, 3.8) is 0 Å². The number of halogens is 1. The van der Waals surface area contributed by atoms with Crippen LogP contribution in [-0.4, -0.2) is 11.9 Å². The van der Waals surface area contributed by atoms with E-state index in [9.17, 15) is 9.59 Å². The highest BCUT2D eigenvalue weighted by molar-refractivity contribution is 6.34. The number of benzene rings is 3. The van der Waals surface area contributed by atoms with Gasteiger partial charge in [-0.2, -0.15) is 0 Å². The number of carbonyl (C=O) groups excluding carboxylic acids is 2. The molecule has 28 heavy (non-hydrogen) atoms. The molecule has 3 aromatic carbocycles. The topological polar surface area (TPSA) is 55.4 Å². The van der Waals surface area contributed by atoms with Gasteiger partial charge in [-0.3, -0.25) is 9.59 Å². The largest absolute Gasteiger partial charge is 0.426 e. The third-order valence-corrected chi connectivity index (χ3v) is 5.24. The predicted octanol–water partition coefficient (Wildman–Crippen LogP) is 5.23. The van der Waals surface area contributed by atoms with Crippen LogP contribution in [0.2, 0.25) is 5.02 Å². The Labute approximate surface area is 168 Å². The molecule has 0 bridgehead atoms. The third-order valence-electron chi connectivity index (χ3n) is 4.91. The highest BCUT2D eigenvalue weighted by Gasteiger charge is 2.52. The van der Waals surface area contributed by atoms with Crippen LogP contribution in [0.3, 0.4) is 0 Å². The molecule has 140 valence electrons. The summed E-state index contributed by atoms with van der Waals surface area (Å²) >= 11 is 6.05. The van der Waals surface area contributed by atoms with Gasteiger partial charge in [0.1, 0.15) is 5.75 Å². The monoisotopic (exact) mass is 391 g/mol. The fourth-order valence-corrected chi connectivity index (χ4v) is 3.37. The van der Waals surface area contributed by atoms with Gasteiger partial charge in [0.15, 0.2) is 0 Å². The molecule has 1 amide bonds. The second-order valence-corrected chi connectivity index (χ2v) is 7.20. The van der Waals surface area contributed by atoms with Crippen molar-refractivity contribution in [3.8, 4) is 5.75 Å². The molecule has 3 aromatic rings. The fraction of sp³-hybridized carbons (Fsp3) is 0.130. The van der Waals surface area contributed by atoms with E-state index in [4.69, 9.17) is 16.3 Å². The van der Waals surface area contributed by atoms with Crippen molar-refractivity contribution in [3.05, 3.63) is 95.0 Å². The minimum atomic E-state index is -0.530.